The number of nitrogens with two attached hydrogens (primary N) is 1. The molecule has 0 radical (unpaired) electrons. The molecule has 0 aliphatic carbocycles. The van der Waals surface area contributed by atoms with Gasteiger partial charge in [0, 0.05) is 74.8 Å². The minimum absolute atomic E-state index is 0.00565. The summed E-state index contributed by atoms with van der Waals surface area (Å²) in [7, 11) is 3.72. The topological polar surface area (TPSA) is 128 Å². The van der Waals surface area contributed by atoms with Gasteiger partial charge in [-0.15, -0.1) is 0 Å². The van der Waals surface area contributed by atoms with Gasteiger partial charge >= 0.3 is 0 Å². The highest BCUT2D eigenvalue weighted by atomic mass is 16.5. The Bertz CT molecular complexity index is 1530. The van der Waals surface area contributed by atoms with E-state index in [0.717, 1.165) is 64.5 Å². The number of aromatic nitrogens is 2. The number of para-hydroxylation sites is 1. The lowest BCUT2D eigenvalue weighted by molar-refractivity contribution is 0.0982. The first-order chi connectivity index (χ1) is 21.9. The molecule has 3 aromatic rings. The maximum absolute atomic E-state index is 12.7. The van der Waals surface area contributed by atoms with Crippen molar-refractivity contribution in [2.45, 2.75) is 31.3 Å². The second kappa shape index (κ2) is 13.7. The fourth-order valence-corrected chi connectivity index (χ4v) is 6.52. The van der Waals surface area contributed by atoms with Crippen LogP contribution in [0.1, 0.15) is 29.8 Å². The molecule has 1 atom stereocenters. The number of nitrogens with one attached hydrogen (secondary N) is 3. The molecule has 2 aromatic carbocycles. The number of hydrogen-bond acceptors (Lipinski definition) is 10. The van der Waals surface area contributed by atoms with E-state index in [4.69, 9.17) is 27.0 Å². The van der Waals surface area contributed by atoms with Crippen LogP contribution in [0.2, 0.25) is 0 Å². The number of piperazine rings is 1. The summed E-state index contributed by atoms with van der Waals surface area (Å²) in [5, 5.41) is 10.1. The van der Waals surface area contributed by atoms with Crippen LogP contribution in [0.4, 0.5) is 28.7 Å². The molecule has 3 aliphatic rings. The van der Waals surface area contributed by atoms with E-state index in [-0.39, 0.29) is 17.6 Å². The first kappa shape index (κ1) is 30.6. The fraction of sp³-hybridized carbons (Fsp3) is 0.455. The molecule has 4 heterocycles. The van der Waals surface area contributed by atoms with Crippen LogP contribution < -0.4 is 31.3 Å². The second-order valence-corrected chi connectivity index (χ2v) is 12.0. The molecule has 6 rings (SSSR count). The van der Waals surface area contributed by atoms with Gasteiger partial charge < -0.3 is 36.2 Å². The standard InChI is InChI=1S/C33H42N10O2/c1-35-28-26(5-4-6-27(28)45-3)29-32(38-23-11-14-36-21-23)40-33(30(39-29)31(34)44)37-22-7-9-24(10-8-22)42-15-12-25(13-16-42)43-19-17-41(2)18-20-43/h4-10,23,25,36H,11-21H2,2-3H3,(H2,34,44)(H2,37,38,40)/t23-/m1/s1. The van der Waals surface area contributed by atoms with Crippen molar-refractivity contribution >= 4 is 34.6 Å². The molecule has 3 saturated heterocycles. The Kier molecular flexibility index (Phi) is 9.30. The summed E-state index contributed by atoms with van der Waals surface area (Å²) in [4.78, 5) is 33.5. The molecule has 12 nitrogen and oxygen atoms in total. The highest BCUT2D eigenvalue weighted by Crippen LogP contribution is 2.41. The summed E-state index contributed by atoms with van der Waals surface area (Å²) in [6.45, 7) is 16.2. The van der Waals surface area contributed by atoms with E-state index in [1.54, 1.807) is 18.2 Å². The predicted molar refractivity (Wildman–Crippen MR) is 178 cm³/mol. The molecule has 0 bridgehead atoms. The molecule has 0 spiro atoms. The molecular weight excluding hydrogens is 568 g/mol. The average Bonchev–Trinajstić information content (AvgIpc) is 3.58. The van der Waals surface area contributed by atoms with Crippen LogP contribution in [-0.4, -0.2) is 104 Å². The number of ether oxygens (including phenoxy) is 1. The van der Waals surface area contributed by atoms with E-state index in [1.165, 1.54) is 25.6 Å². The fourth-order valence-electron chi connectivity index (χ4n) is 6.52. The van der Waals surface area contributed by atoms with Crippen molar-refractivity contribution in [3.63, 3.8) is 0 Å². The number of primary amides is 1. The zero-order valence-electron chi connectivity index (χ0n) is 26.1. The Morgan fingerprint density at radius 1 is 1.02 bits per heavy atom. The number of methoxy groups -OCH3 is 1. The molecule has 45 heavy (non-hydrogen) atoms. The Balaban J connectivity index is 1.23. The monoisotopic (exact) mass is 610 g/mol. The molecule has 0 saturated carbocycles. The smallest absolute Gasteiger partial charge is 0.271 e. The summed E-state index contributed by atoms with van der Waals surface area (Å²) in [5.74, 6) is 0.429. The third-order valence-electron chi connectivity index (χ3n) is 9.13. The van der Waals surface area contributed by atoms with Crippen molar-refractivity contribution in [3.8, 4) is 17.0 Å². The number of carbonyl (C=O) groups is 1. The third-order valence-corrected chi connectivity index (χ3v) is 9.13. The molecule has 1 aromatic heterocycles. The molecule has 3 aliphatic heterocycles. The number of likely N-dealkylation sites (N-methyl/N-ethyl adjacent to an activating group) is 1. The average molecular weight is 611 g/mol. The summed E-state index contributed by atoms with van der Waals surface area (Å²) in [6, 6.07) is 14.3. The van der Waals surface area contributed by atoms with Crippen molar-refractivity contribution in [1.82, 2.24) is 25.1 Å². The Morgan fingerprint density at radius 3 is 2.42 bits per heavy atom. The highest BCUT2D eigenvalue weighted by Gasteiger charge is 2.28. The van der Waals surface area contributed by atoms with Gasteiger partial charge in [0.25, 0.3) is 5.91 Å². The predicted octanol–water partition coefficient (Wildman–Crippen LogP) is 3.54. The second-order valence-electron chi connectivity index (χ2n) is 12.0. The van der Waals surface area contributed by atoms with E-state index in [9.17, 15) is 4.79 Å². The largest absolute Gasteiger partial charge is 0.508 e. The summed E-state index contributed by atoms with van der Waals surface area (Å²) >= 11 is 0. The van der Waals surface area contributed by atoms with Crippen LogP contribution in [0, 0.1) is 6.57 Å². The first-order valence-corrected chi connectivity index (χ1v) is 15.7. The van der Waals surface area contributed by atoms with E-state index >= 15 is 0 Å². The van der Waals surface area contributed by atoms with Gasteiger partial charge in [-0.2, -0.15) is 0 Å². The van der Waals surface area contributed by atoms with Gasteiger partial charge in [-0.05, 0) is 63.2 Å². The van der Waals surface area contributed by atoms with Gasteiger partial charge in [0.1, 0.15) is 11.4 Å². The maximum atomic E-state index is 12.7. The lowest BCUT2D eigenvalue weighted by atomic mass is 10.0. The van der Waals surface area contributed by atoms with E-state index in [2.05, 4.69) is 54.7 Å². The molecule has 5 N–H and O–H groups in total. The van der Waals surface area contributed by atoms with Crippen LogP contribution in [0.3, 0.4) is 0 Å². The normalized spacial score (nSPS) is 19.7. The van der Waals surface area contributed by atoms with Gasteiger partial charge in [-0.1, -0.05) is 12.1 Å². The number of amides is 1. The minimum Gasteiger partial charge on any atom is -0.508 e. The molecule has 12 heteroatoms. The van der Waals surface area contributed by atoms with Gasteiger partial charge in [0.15, 0.2) is 17.3 Å². The van der Waals surface area contributed by atoms with E-state index < -0.39 is 5.91 Å². The minimum atomic E-state index is -0.715. The summed E-state index contributed by atoms with van der Waals surface area (Å²) < 4.78 is 5.44. The lowest BCUT2D eigenvalue weighted by Crippen LogP contribution is -2.52. The van der Waals surface area contributed by atoms with Gasteiger partial charge in [-0.25, -0.2) is 14.8 Å². The zero-order valence-corrected chi connectivity index (χ0v) is 26.1. The number of rotatable bonds is 9. The molecule has 236 valence electrons. The van der Waals surface area contributed by atoms with Crippen LogP contribution in [-0.2, 0) is 0 Å². The number of benzene rings is 2. The van der Waals surface area contributed by atoms with Crippen molar-refractivity contribution in [2.75, 3.05) is 82.0 Å². The first-order valence-electron chi connectivity index (χ1n) is 15.7. The molecule has 3 fully saturated rings. The van der Waals surface area contributed by atoms with Crippen LogP contribution in [0.25, 0.3) is 16.1 Å². The van der Waals surface area contributed by atoms with Crippen LogP contribution in [0.15, 0.2) is 42.5 Å². The molecule has 0 unspecified atom stereocenters. The Hall–Kier alpha value is -4.44. The van der Waals surface area contributed by atoms with Gasteiger partial charge in [0.2, 0.25) is 5.69 Å². The maximum Gasteiger partial charge on any atom is 0.271 e. The third kappa shape index (κ3) is 6.81. The van der Waals surface area contributed by atoms with E-state index in [1.807, 2.05) is 12.1 Å². The van der Waals surface area contributed by atoms with Crippen molar-refractivity contribution in [3.05, 3.63) is 59.6 Å². The van der Waals surface area contributed by atoms with E-state index in [0.29, 0.717) is 34.6 Å². The highest BCUT2D eigenvalue weighted by molar-refractivity contribution is 5.98. The molecule has 1 amide bonds. The van der Waals surface area contributed by atoms with Crippen LogP contribution >= 0.6 is 0 Å². The number of hydrogen-bond donors (Lipinski definition) is 4. The lowest BCUT2D eigenvalue weighted by Gasteiger charge is -2.42. The van der Waals surface area contributed by atoms with Crippen molar-refractivity contribution < 1.29 is 9.53 Å². The zero-order chi connectivity index (χ0) is 31.3. The molecular formula is C33H42N10O2. The van der Waals surface area contributed by atoms with Gasteiger partial charge in [0.05, 0.1) is 13.7 Å². The Morgan fingerprint density at radius 2 is 1.78 bits per heavy atom. The van der Waals surface area contributed by atoms with Crippen molar-refractivity contribution in [2.24, 2.45) is 5.73 Å². The quantitative estimate of drug-likeness (QED) is 0.267. The summed E-state index contributed by atoms with van der Waals surface area (Å²) in [5.41, 5.74) is 8.96. The van der Waals surface area contributed by atoms with Gasteiger partial charge in [-0.3, -0.25) is 9.69 Å². The Labute approximate surface area is 264 Å². The number of anilines is 4. The van der Waals surface area contributed by atoms with Crippen LogP contribution in [0.5, 0.6) is 5.75 Å². The number of carbonyl (C=O) groups excluding carboxylic acids is 1. The number of nitrogens with zero attached hydrogens (tertiary/aromatic N) is 6. The van der Waals surface area contributed by atoms with Crippen molar-refractivity contribution in [1.29, 1.82) is 0 Å². The number of piperidine rings is 1. The summed E-state index contributed by atoms with van der Waals surface area (Å²) in [6.07, 6.45) is 3.24. The SMILES string of the molecule is [C-]#[N+]c1c(OC)cccc1-c1nc(C(N)=O)c(Nc2ccc(N3CCC(N4CCN(C)CC4)CC3)cc2)nc1N[C@@H]1CCNC1.